The zero-order valence-electron chi connectivity index (χ0n) is 20.9. The lowest BCUT2D eigenvalue weighted by Gasteiger charge is -2.15. The van der Waals surface area contributed by atoms with Crippen molar-refractivity contribution in [3.63, 3.8) is 0 Å². The highest BCUT2D eigenvalue weighted by molar-refractivity contribution is 7.15. The number of esters is 1. The van der Waals surface area contributed by atoms with Crippen molar-refractivity contribution < 1.29 is 23.4 Å². The molecule has 188 valence electrons. The van der Waals surface area contributed by atoms with Crippen LogP contribution in [0.15, 0.2) is 59.0 Å². The van der Waals surface area contributed by atoms with Crippen LogP contribution in [-0.4, -0.2) is 35.5 Å². The summed E-state index contributed by atoms with van der Waals surface area (Å²) in [7, 11) is 0. The maximum Gasteiger partial charge on any atom is 0.335 e. The Morgan fingerprint density at radius 3 is 2.33 bits per heavy atom. The summed E-state index contributed by atoms with van der Waals surface area (Å²) in [6.07, 6.45) is -0.135. The van der Waals surface area contributed by atoms with Crippen molar-refractivity contribution in [1.82, 2.24) is 10.2 Å². The van der Waals surface area contributed by atoms with E-state index in [4.69, 9.17) is 18.6 Å². The summed E-state index contributed by atoms with van der Waals surface area (Å²) in [5, 5.41) is 7.96. The van der Waals surface area contributed by atoms with Crippen LogP contribution in [0.1, 0.15) is 35.7 Å². The second-order valence-electron chi connectivity index (χ2n) is 8.25. The maximum atomic E-state index is 12.1. The number of carbonyl (C=O) groups excluding carboxylic acids is 1. The molecule has 0 aliphatic rings. The summed E-state index contributed by atoms with van der Waals surface area (Å²) >= 11 is 1.72. The van der Waals surface area contributed by atoms with Crippen LogP contribution >= 0.6 is 11.3 Å². The fourth-order valence-corrected chi connectivity index (χ4v) is 4.82. The Kier molecular flexibility index (Phi) is 8.51. The van der Waals surface area contributed by atoms with Crippen LogP contribution in [0, 0.1) is 13.8 Å². The highest BCUT2D eigenvalue weighted by Crippen LogP contribution is 2.33. The van der Waals surface area contributed by atoms with Crippen molar-refractivity contribution >= 4 is 17.3 Å². The van der Waals surface area contributed by atoms with E-state index in [2.05, 4.69) is 35.3 Å². The van der Waals surface area contributed by atoms with Crippen LogP contribution in [0.25, 0.3) is 21.9 Å². The predicted octanol–water partition coefficient (Wildman–Crippen LogP) is 6.17. The topological polar surface area (TPSA) is 83.7 Å². The van der Waals surface area contributed by atoms with E-state index in [0.29, 0.717) is 38.0 Å². The molecule has 0 bridgehead atoms. The van der Waals surface area contributed by atoms with Crippen LogP contribution in [0.4, 0.5) is 0 Å². The van der Waals surface area contributed by atoms with Crippen LogP contribution in [-0.2, 0) is 27.3 Å². The van der Waals surface area contributed by atoms with Gasteiger partial charge in [0.15, 0.2) is 6.10 Å². The molecule has 2 heterocycles. The summed E-state index contributed by atoms with van der Waals surface area (Å²) in [6.45, 7) is 8.81. The first-order chi connectivity index (χ1) is 17.5. The lowest BCUT2D eigenvalue weighted by atomic mass is 10.1. The smallest absolute Gasteiger partial charge is 0.335 e. The van der Waals surface area contributed by atoms with Crippen LogP contribution < -0.4 is 4.74 Å². The molecule has 0 saturated carbocycles. The fraction of sp³-hybridized carbons (Fsp3) is 0.321. The van der Waals surface area contributed by atoms with E-state index in [-0.39, 0.29) is 5.97 Å². The minimum atomic E-state index is -0.598. The SMILES string of the molecule is CCOC(=O)[C@H](Cc1ccc(OCc2sc(-c3ccc(-c4nnc(C)o4)cc3)cc2C)cc1)OCC. The van der Waals surface area contributed by atoms with Crippen molar-refractivity contribution in [3.05, 3.63) is 76.5 Å². The first kappa shape index (κ1) is 25.6. The lowest BCUT2D eigenvalue weighted by molar-refractivity contribution is -0.156. The van der Waals surface area contributed by atoms with Crippen molar-refractivity contribution in [1.29, 1.82) is 0 Å². The minimum Gasteiger partial charge on any atom is -0.488 e. The van der Waals surface area contributed by atoms with Crippen molar-refractivity contribution in [2.75, 3.05) is 13.2 Å². The standard InChI is InChI=1S/C28H30N2O5S/c1-5-32-24(28(31)33-6-2)16-20-7-13-23(14-8-20)34-17-26-18(3)15-25(36-26)21-9-11-22(12-10-21)27-30-29-19(4)35-27/h7-15,24H,5-6,16-17H2,1-4H3/t24-/m0/s1. The van der Waals surface area contributed by atoms with E-state index in [9.17, 15) is 4.79 Å². The lowest BCUT2D eigenvalue weighted by Crippen LogP contribution is -2.28. The van der Waals surface area contributed by atoms with Crippen molar-refractivity contribution in [2.24, 2.45) is 0 Å². The van der Waals surface area contributed by atoms with Crippen LogP contribution in [0.2, 0.25) is 0 Å². The number of benzene rings is 2. The quantitative estimate of drug-likeness (QED) is 0.225. The molecule has 4 aromatic rings. The molecular weight excluding hydrogens is 476 g/mol. The molecule has 0 spiro atoms. The third kappa shape index (κ3) is 6.38. The highest BCUT2D eigenvalue weighted by Gasteiger charge is 2.20. The predicted molar refractivity (Wildman–Crippen MR) is 139 cm³/mol. The van der Waals surface area contributed by atoms with Gasteiger partial charge in [0.2, 0.25) is 11.8 Å². The van der Waals surface area contributed by atoms with Crippen molar-refractivity contribution in [2.45, 2.75) is 46.8 Å². The highest BCUT2D eigenvalue weighted by atomic mass is 32.1. The largest absolute Gasteiger partial charge is 0.488 e. The van der Waals surface area contributed by atoms with Gasteiger partial charge in [0.05, 0.1) is 6.61 Å². The summed E-state index contributed by atoms with van der Waals surface area (Å²) in [5.41, 5.74) is 4.21. The summed E-state index contributed by atoms with van der Waals surface area (Å²) in [5.74, 6) is 1.52. The molecular formula is C28H30N2O5S. The normalized spacial score (nSPS) is 11.9. The Morgan fingerprint density at radius 1 is 0.972 bits per heavy atom. The Morgan fingerprint density at radius 2 is 1.69 bits per heavy atom. The molecule has 7 nitrogen and oxygen atoms in total. The maximum absolute atomic E-state index is 12.1. The number of aryl methyl sites for hydroxylation is 2. The van der Waals surface area contributed by atoms with E-state index in [1.165, 1.54) is 15.3 Å². The number of hydrogen-bond donors (Lipinski definition) is 0. The van der Waals surface area contributed by atoms with Crippen LogP contribution in [0.5, 0.6) is 5.75 Å². The number of carbonyl (C=O) groups is 1. The summed E-state index contributed by atoms with van der Waals surface area (Å²) < 4.78 is 22.2. The van der Waals surface area contributed by atoms with Gasteiger partial charge in [-0.1, -0.05) is 24.3 Å². The van der Waals surface area contributed by atoms with E-state index in [1.54, 1.807) is 25.2 Å². The molecule has 8 heteroatoms. The molecule has 0 fully saturated rings. The van der Waals surface area contributed by atoms with Gasteiger partial charge in [-0.15, -0.1) is 21.5 Å². The van der Waals surface area contributed by atoms with Gasteiger partial charge in [-0.05, 0) is 67.8 Å². The van der Waals surface area contributed by atoms with Gasteiger partial charge in [0.1, 0.15) is 12.4 Å². The molecule has 4 rings (SSSR count). The fourth-order valence-electron chi connectivity index (χ4n) is 3.73. The van der Waals surface area contributed by atoms with E-state index >= 15 is 0 Å². The molecule has 0 aliphatic heterocycles. The molecule has 0 amide bonds. The number of rotatable bonds is 11. The average molecular weight is 507 g/mol. The molecule has 2 aromatic carbocycles. The molecule has 1 atom stereocenters. The minimum absolute atomic E-state index is 0.331. The average Bonchev–Trinajstić information content (AvgIpc) is 3.49. The number of aromatic nitrogens is 2. The molecule has 0 unspecified atom stereocenters. The van der Waals surface area contributed by atoms with E-state index in [0.717, 1.165) is 22.4 Å². The molecule has 0 aliphatic carbocycles. The summed E-state index contributed by atoms with van der Waals surface area (Å²) in [4.78, 5) is 14.4. The van der Waals surface area contributed by atoms with Gasteiger partial charge >= 0.3 is 5.97 Å². The second kappa shape index (κ2) is 12.0. The van der Waals surface area contributed by atoms with Crippen molar-refractivity contribution in [3.8, 4) is 27.6 Å². The van der Waals surface area contributed by atoms with Gasteiger partial charge in [0.25, 0.3) is 0 Å². The Balaban J connectivity index is 1.36. The third-order valence-corrected chi connectivity index (χ3v) is 6.85. The Bertz CT molecular complexity index is 1280. The van der Waals surface area contributed by atoms with Gasteiger partial charge in [-0.2, -0.15) is 0 Å². The zero-order valence-corrected chi connectivity index (χ0v) is 21.8. The van der Waals surface area contributed by atoms with E-state index in [1.807, 2.05) is 43.3 Å². The van der Waals surface area contributed by atoms with Gasteiger partial charge in [0, 0.05) is 35.3 Å². The first-order valence-electron chi connectivity index (χ1n) is 12.0. The first-order valence-corrected chi connectivity index (χ1v) is 12.8. The zero-order chi connectivity index (χ0) is 25.5. The molecule has 0 radical (unpaired) electrons. The monoisotopic (exact) mass is 506 g/mol. The number of ether oxygens (including phenoxy) is 3. The molecule has 2 aromatic heterocycles. The second-order valence-corrected chi connectivity index (χ2v) is 9.39. The van der Waals surface area contributed by atoms with Gasteiger partial charge in [-0.25, -0.2) is 4.79 Å². The Hall–Kier alpha value is -3.49. The van der Waals surface area contributed by atoms with Gasteiger partial charge in [-0.3, -0.25) is 0 Å². The van der Waals surface area contributed by atoms with Gasteiger partial charge < -0.3 is 18.6 Å². The molecule has 0 N–H and O–H groups in total. The summed E-state index contributed by atoms with van der Waals surface area (Å²) in [6, 6.07) is 18.1. The molecule has 36 heavy (non-hydrogen) atoms. The number of thiophene rings is 1. The number of nitrogens with zero attached hydrogens (tertiary/aromatic N) is 2. The molecule has 0 saturated heterocycles. The van der Waals surface area contributed by atoms with Crippen LogP contribution in [0.3, 0.4) is 0 Å². The number of hydrogen-bond acceptors (Lipinski definition) is 8. The Labute approximate surface area is 215 Å². The van der Waals surface area contributed by atoms with E-state index < -0.39 is 6.10 Å². The third-order valence-electron chi connectivity index (χ3n) is 5.59.